The van der Waals surface area contributed by atoms with Gasteiger partial charge in [-0.3, -0.25) is 9.69 Å². The third-order valence-corrected chi connectivity index (χ3v) is 6.13. The number of nitrogens with zero attached hydrogens (tertiary/aromatic N) is 6. The summed E-state index contributed by atoms with van der Waals surface area (Å²) in [7, 11) is 1.92. The summed E-state index contributed by atoms with van der Waals surface area (Å²) in [5, 5.41) is 12.2. The van der Waals surface area contributed by atoms with Crippen molar-refractivity contribution in [3.05, 3.63) is 60.2 Å². The molecule has 5 rings (SSSR count). The topological polar surface area (TPSA) is 67.2 Å². The van der Waals surface area contributed by atoms with E-state index in [1.54, 1.807) is 4.68 Å². The van der Waals surface area contributed by atoms with E-state index in [2.05, 4.69) is 44.7 Å². The van der Waals surface area contributed by atoms with Crippen molar-refractivity contribution in [2.45, 2.75) is 13.0 Å². The Morgan fingerprint density at radius 3 is 2.62 bits per heavy atom. The summed E-state index contributed by atoms with van der Waals surface area (Å²) in [4.78, 5) is 16.7. The molecular weight excluding hydrogens is 364 g/mol. The summed E-state index contributed by atoms with van der Waals surface area (Å²) in [6.07, 6.45) is 1.12. The van der Waals surface area contributed by atoms with Gasteiger partial charge in [0.2, 0.25) is 5.91 Å². The monoisotopic (exact) mass is 388 g/mol. The zero-order valence-electron chi connectivity index (χ0n) is 16.5. The molecule has 2 aromatic carbocycles. The molecule has 2 atom stereocenters. The predicted molar refractivity (Wildman–Crippen MR) is 109 cm³/mol. The van der Waals surface area contributed by atoms with Gasteiger partial charge in [0.25, 0.3) is 0 Å². The fourth-order valence-electron chi connectivity index (χ4n) is 4.54. The second kappa shape index (κ2) is 7.40. The highest BCUT2D eigenvalue weighted by molar-refractivity contribution is 5.80. The van der Waals surface area contributed by atoms with Crippen LogP contribution in [0.25, 0.3) is 17.1 Å². The van der Waals surface area contributed by atoms with Crippen molar-refractivity contribution in [3.8, 4) is 17.1 Å². The highest BCUT2D eigenvalue weighted by Crippen LogP contribution is 2.32. The number of likely N-dealkylation sites (tertiary alicyclic amines) is 2. The lowest BCUT2D eigenvalue weighted by atomic mass is 9.88. The number of carbonyl (C=O) groups is 1. The van der Waals surface area contributed by atoms with Crippen LogP contribution in [0.1, 0.15) is 12.0 Å². The number of fused-ring (bicyclic) bond motifs is 1. The average Bonchev–Trinajstić information content (AvgIpc) is 3.40. The molecule has 1 aromatic heterocycles. The van der Waals surface area contributed by atoms with E-state index in [1.165, 1.54) is 5.56 Å². The second-order valence-electron chi connectivity index (χ2n) is 8.06. The van der Waals surface area contributed by atoms with Gasteiger partial charge >= 0.3 is 0 Å². The molecule has 0 unspecified atom stereocenters. The van der Waals surface area contributed by atoms with E-state index in [0.717, 1.165) is 49.7 Å². The van der Waals surface area contributed by atoms with Gasteiger partial charge in [0.1, 0.15) is 0 Å². The number of rotatable bonds is 4. The molecule has 2 saturated heterocycles. The van der Waals surface area contributed by atoms with Crippen LogP contribution >= 0.6 is 0 Å². The number of amides is 1. The van der Waals surface area contributed by atoms with Crippen LogP contribution in [-0.4, -0.2) is 62.6 Å². The molecule has 2 fully saturated rings. The molecule has 0 bridgehead atoms. The molecular formula is C22H24N6O. The van der Waals surface area contributed by atoms with Gasteiger partial charge in [0.15, 0.2) is 5.82 Å². The van der Waals surface area contributed by atoms with Gasteiger partial charge in [-0.1, -0.05) is 42.5 Å². The van der Waals surface area contributed by atoms with Crippen molar-refractivity contribution < 1.29 is 4.79 Å². The SMILES string of the molecule is CN1CC[C@@H]2CN(Cc3ccc(-c4nnnn4-c4ccccc4)cc3)C[C@@H]2C1=O. The molecule has 0 saturated carbocycles. The normalized spacial score (nSPS) is 22.1. The van der Waals surface area contributed by atoms with Crippen molar-refractivity contribution in [3.63, 3.8) is 0 Å². The minimum Gasteiger partial charge on any atom is -0.345 e. The van der Waals surface area contributed by atoms with Gasteiger partial charge < -0.3 is 4.90 Å². The predicted octanol–water partition coefficient (Wildman–Crippen LogP) is 2.24. The molecule has 1 amide bonds. The minimum absolute atomic E-state index is 0.170. The van der Waals surface area contributed by atoms with Gasteiger partial charge in [-0.25, -0.2) is 0 Å². The summed E-state index contributed by atoms with van der Waals surface area (Å²) in [6.45, 7) is 3.63. The Bertz CT molecular complexity index is 1000. The standard InChI is InChI=1S/C22H24N6O/c1-26-12-11-18-14-27(15-20(18)22(26)29)13-16-7-9-17(10-8-16)21-23-24-25-28(21)19-5-3-2-4-6-19/h2-10,18,20H,11-15H2,1H3/t18-,20+/m1/s1. The Morgan fingerprint density at radius 2 is 1.83 bits per heavy atom. The zero-order chi connectivity index (χ0) is 19.8. The summed E-state index contributed by atoms with van der Waals surface area (Å²) >= 11 is 0. The van der Waals surface area contributed by atoms with Crippen molar-refractivity contribution in [2.24, 2.45) is 11.8 Å². The number of hydrogen-bond acceptors (Lipinski definition) is 5. The fourth-order valence-corrected chi connectivity index (χ4v) is 4.54. The van der Waals surface area contributed by atoms with Crippen molar-refractivity contribution in [1.82, 2.24) is 30.0 Å². The number of aromatic nitrogens is 4. The fraction of sp³-hybridized carbons (Fsp3) is 0.364. The quantitative estimate of drug-likeness (QED) is 0.686. The van der Waals surface area contributed by atoms with Crippen LogP contribution in [0.15, 0.2) is 54.6 Å². The molecule has 3 heterocycles. The van der Waals surface area contributed by atoms with Crippen molar-refractivity contribution >= 4 is 5.91 Å². The van der Waals surface area contributed by atoms with Gasteiger partial charge in [-0.15, -0.1) is 5.10 Å². The molecule has 29 heavy (non-hydrogen) atoms. The van der Waals surface area contributed by atoms with Crippen LogP contribution in [0, 0.1) is 11.8 Å². The molecule has 2 aliphatic heterocycles. The lowest BCUT2D eigenvalue weighted by Crippen LogP contribution is -2.42. The number of hydrogen-bond donors (Lipinski definition) is 0. The Hall–Kier alpha value is -3.06. The first-order valence-corrected chi connectivity index (χ1v) is 10.1. The number of benzene rings is 2. The summed E-state index contributed by atoms with van der Waals surface area (Å²) in [6, 6.07) is 18.3. The average molecular weight is 388 g/mol. The number of para-hydroxylation sites is 1. The van der Waals surface area contributed by atoms with E-state index in [9.17, 15) is 4.79 Å². The molecule has 7 heteroatoms. The van der Waals surface area contributed by atoms with Gasteiger partial charge in [-0.05, 0) is 40.5 Å². The first-order chi connectivity index (χ1) is 14.2. The first-order valence-electron chi connectivity index (χ1n) is 10.1. The second-order valence-corrected chi connectivity index (χ2v) is 8.06. The summed E-state index contributed by atoms with van der Waals surface area (Å²) in [5.41, 5.74) is 3.16. The molecule has 3 aromatic rings. The van der Waals surface area contributed by atoms with Gasteiger partial charge in [0, 0.05) is 38.8 Å². The highest BCUT2D eigenvalue weighted by Gasteiger charge is 2.41. The lowest BCUT2D eigenvalue weighted by Gasteiger charge is -2.30. The summed E-state index contributed by atoms with van der Waals surface area (Å²) < 4.78 is 1.75. The molecule has 7 nitrogen and oxygen atoms in total. The molecule has 0 radical (unpaired) electrons. The first kappa shape index (κ1) is 18.0. The largest absolute Gasteiger partial charge is 0.345 e. The molecule has 0 N–H and O–H groups in total. The highest BCUT2D eigenvalue weighted by atomic mass is 16.2. The van der Waals surface area contributed by atoms with Crippen LogP contribution in [0.2, 0.25) is 0 Å². The molecule has 148 valence electrons. The Labute approximate surface area is 169 Å². The van der Waals surface area contributed by atoms with Gasteiger partial charge in [-0.2, -0.15) is 4.68 Å². The number of piperidine rings is 1. The minimum atomic E-state index is 0.170. The number of tetrazole rings is 1. The smallest absolute Gasteiger partial charge is 0.227 e. The van der Waals surface area contributed by atoms with Crippen LogP contribution < -0.4 is 0 Å². The van der Waals surface area contributed by atoms with E-state index in [-0.39, 0.29) is 5.92 Å². The van der Waals surface area contributed by atoms with Crippen molar-refractivity contribution in [1.29, 1.82) is 0 Å². The molecule has 2 aliphatic rings. The Morgan fingerprint density at radius 1 is 1.03 bits per heavy atom. The van der Waals surface area contributed by atoms with Crippen LogP contribution in [-0.2, 0) is 11.3 Å². The van der Waals surface area contributed by atoms with Crippen molar-refractivity contribution in [2.75, 3.05) is 26.7 Å². The van der Waals surface area contributed by atoms with Crippen LogP contribution in [0.5, 0.6) is 0 Å². The Balaban J connectivity index is 1.30. The summed E-state index contributed by atoms with van der Waals surface area (Å²) in [5.74, 6) is 1.72. The van der Waals surface area contributed by atoms with Gasteiger partial charge in [0.05, 0.1) is 11.6 Å². The van der Waals surface area contributed by atoms with E-state index in [1.807, 2.05) is 42.3 Å². The van der Waals surface area contributed by atoms with E-state index < -0.39 is 0 Å². The maximum atomic E-state index is 12.4. The molecule has 0 spiro atoms. The van der Waals surface area contributed by atoms with E-state index in [4.69, 9.17) is 0 Å². The number of carbonyl (C=O) groups excluding carboxylic acids is 1. The third-order valence-electron chi connectivity index (χ3n) is 6.13. The zero-order valence-corrected chi connectivity index (χ0v) is 16.5. The third kappa shape index (κ3) is 3.42. The van der Waals surface area contributed by atoms with E-state index >= 15 is 0 Å². The maximum absolute atomic E-state index is 12.4. The Kier molecular flexibility index (Phi) is 4.60. The molecule has 0 aliphatic carbocycles. The van der Waals surface area contributed by atoms with Crippen LogP contribution in [0.3, 0.4) is 0 Å². The van der Waals surface area contributed by atoms with E-state index in [0.29, 0.717) is 11.8 Å². The van der Waals surface area contributed by atoms with Crippen LogP contribution in [0.4, 0.5) is 0 Å². The maximum Gasteiger partial charge on any atom is 0.227 e. The lowest BCUT2D eigenvalue weighted by molar-refractivity contribution is -0.137.